The van der Waals surface area contributed by atoms with Crippen molar-refractivity contribution in [3.05, 3.63) is 93.5 Å². The van der Waals surface area contributed by atoms with Gasteiger partial charge in [-0.3, -0.25) is 19.2 Å². The summed E-state index contributed by atoms with van der Waals surface area (Å²) in [5.74, 6) is -0.0151. The number of benzene rings is 3. The third-order valence-electron chi connectivity index (χ3n) is 5.88. The van der Waals surface area contributed by atoms with Crippen molar-refractivity contribution in [3.63, 3.8) is 0 Å². The zero-order valence-corrected chi connectivity index (χ0v) is 21.4. The van der Waals surface area contributed by atoms with Crippen molar-refractivity contribution in [3.8, 4) is 5.75 Å². The van der Waals surface area contributed by atoms with Crippen LogP contribution in [-0.4, -0.2) is 32.9 Å². The summed E-state index contributed by atoms with van der Waals surface area (Å²) in [4.78, 5) is 23.5. The van der Waals surface area contributed by atoms with Gasteiger partial charge in [-0.05, 0) is 61.7 Å². The summed E-state index contributed by atoms with van der Waals surface area (Å²) in [5.41, 5.74) is 2.28. The van der Waals surface area contributed by atoms with Crippen LogP contribution in [0.25, 0.3) is 0 Å². The van der Waals surface area contributed by atoms with Gasteiger partial charge in [0.25, 0.3) is 15.7 Å². The molecular formula is C26H29N3O6S. The molecule has 36 heavy (non-hydrogen) atoms. The van der Waals surface area contributed by atoms with Crippen LogP contribution in [0.4, 0.5) is 11.4 Å². The van der Waals surface area contributed by atoms with Crippen LogP contribution in [-0.2, 0) is 21.2 Å². The third-order valence-corrected chi connectivity index (χ3v) is 7.65. The number of sulfonamides is 1. The minimum absolute atomic E-state index is 0.217. The second-order valence-electron chi connectivity index (χ2n) is 8.30. The monoisotopic (exact) mass is 511 g/mol. The largest absolute Gasteiger partial charge is 0.497 e. The molecule has 0 aliphatic rings. The Morgan fingerprint density at radius 2 is 1.72 bits per heavy atom. The van der Waals surface area contributed by atoms with Crippen LogP contribution < -0.4 is 14.4 Å². The standard InChI is InChI=1S/C26H29N3O6S/c1-5-20-7-9-21(10-8-20)19(3)27-26(30)17-28(22-11-13-23(35-4)14-12-22)36(33,34)24-15-6-18(2)25(16-24)29(31)32/h6-16,19H,5,17H2,1-4H3,(H,27,30)/t19-/m1/s1. The van der Waals surface area contributed by atoms with E-state index in [1.807, 2.05) is 31.2 Å². The molecule has 0 aromatic heterocycles. The van der Waals surface area contributed by atoms with E-state index in [9.17, 15) is 23.3 Å². The Labute approximate surface area is 210 Å². The van der Waals surface area contributed by atoms with Crippen LogP contribution in [0.5, 0.6) is 5.75 Å². The van der Waals surface area contributed by atoms with Crippen molar-refractivity contribution in [1.82, 2.24) is 5.32 Å². The second kappa shape index (κ2) is 11.2. The van der Waals surface area contributed by atoms with Crippen molar-refractivity contribution < 1.29 is 22.9 Å². The van der Waals surface area contributed by atoms with Crippen molar-refractivity contribution in [1.29, 1.82) is 0 Å². The Morgan fingerprint density at radius 1 is 1.08 bits per heavy atom. The van der Waals surface area contributed by atoms with E-state index in [2.05, 4.69) is 12.2 Å². The first-order valence-corrected chi connectivity index (χ1v) is 12.8. The molecule has 0 radical (unpaired) electrons. The smallest absolute Gasteiger partial charge is 0.273 e. The molecule has 9 nitrogen and oxygen atoms in total. The van der Waals surface area contributed by atoms with Gasteiger partial charge in [0.05, 0.1) is 28.7 Å². The summed E-state index contributed by atoms with van der Waals surface area (Å²) in [7, 11) is -2.84. The van der Waals surface area contributed by atoms with Gasteiger partial charge in [0.15, 0.2) is 0 Å². The lowest BCUT2D eigenvalue weighted by molar-refractivity contribution is -0.385. The van der Waals surface area contributed by atoms with Gasteiger partial charge >= 0.3 is 0 Å². The van der Waals surface area contributed by atoms with E-state index >= 15 is 0 Å². The van der Waals surface area contributed by atoms with E-state index < -0.39 is 27.4 Å². The van der Waals surface area contributed by atoms with E-state index in [1.54, 1.807) is 12.1 Å². The van der Waals surface area contributed by atoms with Gasteiger partial charge in [-0.25, -0.2) is 8.42 Å². The normalized spacial score (nSPS) is 12.0. The fourth-order valence-electron chi connectivity index (χ4n) is 3.68. The van der Waals surface area contributed by atoms with E-state index in [-0.39, 0.29) is 22.3 Å². The number of amides is 1. The van der Waals surface area contributed by atoms with E-state index in [1.165, 1.54) is 43.9 Å². The predicted octanol–water partition coefficient (Wildman–Crippen LogP) is 4.55. The second-order valence-corrected chi connectivity index (χ2v) is 10.2. The molecule has 0 aliphatic heterocycles. The third kappa shape index (κ3) is 6.01. The predicted molar refractivity (Wildman–Crippen MR) is 138 cm³/mol. The van der Waals surface area contributed by atoms with E-state index in [0.717, 1.165) is 22.4 Å². The summed E-state index contributed by atoms with van der Waals surface area (Å²) < 4.78 is 33.3. The molecule has 0 bridgehead atoms. The van der Waals surface area contributed by atoms with Gasteiger partial charge in [-0.15, -0.1) is 0 Å². The Hall–Kier alpha value is -3.92. The molecule has 0 fully saturated rings. The molecule has 190 valence electrons. The lowest BCUT2D eigenvalue weighted by atomic mass is 10.1. The SMILES string of the molecule is CCc1ccc([C@@H](C)NC(=O)CN(c2ccc(OC)cc2)S(=O)(=O)c2ccc(C)c([N+](=O)[O-])c2)cc1. The maximum Gasteiger partial charge on any atom is 0.273 e. The van der Waals surface area contributed by atoms with Crippen LogP contribution in [0.2, 0.25) is 0 Å². The fraction of sp³-hybridized carbons (Fsp3) is 0.269. The van der Waals surface area contributed by atoms with Gasteiger partial charge in [0, 0.05) is 11.6 Å². The fourth-order valence-corrected chi connectivity index (χ4v) is 5.12. The minimum atomic E-state index is -4.32. The van der Waals surface area contributed by atoms with Gasteiger partial charge in [0.1, 0.15) is 12.3 Å². The van der Waals surface area contributed by atoms with Crippen molar-refractivity contribution in [2.24, 2.45) is 0 Å². The van der Waals surface area contributed by atoms with E-state index in [4.69, 9.17) is 4.74 Å². The van der Waals surface area contributed by atoms with E-state index in [0.29, 0.717) is 11.3 Å². The Bertz CT molecular complexity index is 1340. The lowest BCUT2D eigenvalue weighted by Gasteiger charge is -2.25. The molecule has 0 aliphatic carbocycles. The molecular weight excluding hydrogens is 482 g/mol. The number of methoxy groups -OCH3 is 1. The summed E-state index contributed by atoms with van der Waals surface area (Å²) >= 11 is 0. The molecule has 10 heteroatoms. The average molecular weight is 512 g/mol. The highest BCUT2D eigenvalue weighted by Crippen LogP contribution is 2.29. The maximum absolute atomic E-state index is 13.6. The van der Waals surface area contributed by atoms with Crippen LogP contribution >= 0.6 is 0 Å². The van der Waals surface area contributed by atoms with Crippen molar-refractivity contribution in [2.75, 3.05) is 18.0 Å². The Morgan fingerprint density at radius 3 is 2.28 bits per heavy atom. The van der Waals surface area contributed by atoms with Crippen molar-refractivity contribution in [2.45, 2.75) is 38.1 Å². The number of hydrogen-bond donors (Lipinski definition) is 1. The Kier molecular flexibility index (Phi) is 8.31. The molecule has 3 aromatic rings. The highest BCUT2D eigenvalue weighted by atomic mass is 32.2. The summed E-state index contributed by atoms with van der Waals surface area (Å²) in [6.07, 6.45) is 0.896. The molecule has 0 heterocycles. The van der Waals surface area contributed by atoms with Gasteiger partial charge < -0.3 is 10.1 Å². The topological polar surface area (TPSA) is 119 Å². The Balaban J connectivity index is 1.94. The molecule has 0 unspecified atom stereocenters. The number of anilines is 1. The number of hydrogen-bond acceptors (Lipinski definition) is 6. The number of nitro benzene ring substituents is 1. The number of aryl methyl sites for hydroxylation is 2. The number of nitrogens with one attached hydrogen (secondary N) is 1. The molecule has 0 saturated carbocycles. The number of rotatable bonds is 10. The first-order chi connectivity index (χ1) is 17.1. The zero-order valence-electron chi connectivity index (χ0n) is 20.6. The van der Waals surface area contributed by atoms with Gasteiger partial charge in [-0.1, -0.05) is 37.3 Å². The molecule has 3 rings (SSSR count). The zero-order chi connectivity index (χ0) is 26.5. The van der Waals surface area contributed by atoms with Crippen LogP contribution in [0.3, 0.4) is 0 Å². The van der Waals surface area contributed by atoms with Crippen LogP contribution in [0, 0.1) is 17.0 Å². The van der Waals surface area contributed by atoms with Crippen LogP contribution in [0.15, 0.2) is 71.6 Å². The summed E-state index contributed by atoms with van der Waals surface area (Å²) in [6.45, 7) is 4.87. The number of carbonyl (C=O) groups is 1. The molecule has 3 aromatic carbocycles. The molecule has 0 saturated heterocycles. The van der Waals surface area contributed by atoms with Gasteiger partial charge in [-0.2, -0.15) is 0 Å². The lowest BCUT2D eigenvalue weighted by Crippen LogP contribution is -2.41. The quantitative estimate of drug-likeness (QED) is 0.315. The molecule has 0 spiro atoms. The van der Waals surface area contributed by atoms with Gasteiger partial charge in [0.2, 0.25) is 5.91 Å². The maximum atomic E-state index is 13.6. The summed E-state index contributed by atoms with van der Waals surface area (Å²) in [6, 6.07) is 17.3. The minimum Gasteiger partial charge on any atom is -0.497 e. The average Bonchev–Trinajstić information content (AvgIpc) is 2.87. The van der Waals surface area contributed by atoms with Crippen LogP contribution in [0.1, 0.15) is 36.6 Å². The molecule has 1 amide bonds. The number of ether oxygens (including phenoxy) is 1. The number of carbonyl (C=O) groups excluding carboxylic acids is 1. The first-order valence-electron chi connectivity index (χ1n) is 11.4. The van der Waals surface area contributed by atoms with Crippen molar-refractivity contribution >= 4 is 27.3 Å². The summed E-state index contributed by atoms with van der Waals surface area (Å²) in [5, 5.41) is 14.2. The highest BCUT2D eigenvalue weighted by Gasteiger charge is 2.29. The number of nitrogens with zero attached hydrogens (tertiary/aromatic N) is 2. The first kappa shape index (κ1) is 26.7. The molecule has 1 N–H and O–H groups in total. The highest BCUT2D eigenvalue weighted by molar-refractivity contribution is 7.92. The number of nitro groups is 1. The molecule has 1 atom stereocenters.